The van der Waals surface area contributed by atoms with E-state index in [0.717, 1.165) is 7.11 Å². The second-order valence-electron chi connectivity index (χ2n) is 4.86. The molecule has 0 spiro atoms. The van der Waals surface area contributed by atoms with Gasteiger partial charge in [-0.2, -0.15) is 0 Å². The number of esters is 1. The molecule has 1 aliphatic rings. The third-order valence-electron chi connectivity index (χ3n) is 3.57. The maximum atomic E-state index is 14.1. The van der Waals surface area contributed by atoms with E-state index < -0.39 is 45.9 Å². The molecular weight excluding hydrogens is 278 g/mol. The number of carbonyl (C=O) groups excluding carboxylic acids is 1. The quantitative estimate of drug-likeness (QED) is 0.517. The van der Waals surface area contributed by atoms with Gasteiger partial charge in [0.1, 0.15) is 5.56 Å². The van der Waals surface area contributed by atoms with E-state index in [1.54, 1.807) is 0 Å². The zero-order valence-electron chi connectivity index (χ0n) is 10.9. The Labute approximate surface area is 112 Å². The molecule has 7 heteroatoms. The maximum Gasteiger partial charge on any atom is 0.344 e. The molecule has 0 bridgehead atoms. The number of halogens is 4. The first kappa shape index (κ1) is 14.8. The third kappa shape index (κ3) is 2.06. The first-order chi connectivity index (χ1) is 9.33. The molecule has 1 N–H and O–H groups in total. The molecule has 0 radical (unpaired) electrons. The van der Waals surface area contributed by atoms with Crippen molar-refractivity contribution in [1.82, 2.24) is 5.32 Å². The second kappa shape index (κ2) is 5.05. The third-order valence-corrected chi connectivity index (χ3v) is 3.57. The first-order valence-electron chi connectivity index (χ1n) is 6.03. The number of methoxy groups -OCH3 is 1. The Morgan fingerprint density at radius 2 is 1.70 bits per heavy atom. The fourth-order valence-corrected chi connectivity index (χ4v) is 2.51. The van der Waals surface area contributed by atoms with E-state index in [-0.39, 0.29) is 0 Å². The normalized spacial score (nSPS) is 22.1. The zero-order chi connectivity index (χ0) is 15.1. The van der Waals surface area contributed by atoms with Gasteiger partial charge >= 0.3 is 5.97 Å². The summed E-state index contributed by atoms with van der Waals surface area (Å²) >= 11 is 0. The van der Waals surface area contributed by atoms with E-state index in [9.17, 15) is 22.4 Å². The summed E-state index contributed by atoms with van der Waals surface area (Å²) in [6, 6.07) is 0. The molecule has 1 unspecified atom stereocenters. The van der Waals surface area contributed by atoms with E-state index in [2.05, 4.69) is 10.1 Å². The van der Waals surface area contributed by atoms with Crippen LogP contribution in [0.25, 0.3) is 0 Å². The lowest BCUT2D eigenvalue weighted by Crippen LogP contribution is -2.36. The Hall–Kier alpha value is -1.63. The van der Waals surface area contributed by atoms with Crippen molar-refractivity contribution in [3.05, 3.63) is 34.4 Å². The van der Waals surface area contributed by atoms with Crippen molar-refractivity contribution in [2.45, 2.75) is 25.3 Å². The van der Waals surface area contributed by atoms with Gasteiger partial charge in [-0.3, -0.25) is 0 Å². The van der Waals surface area contributed by atoms with Crippen LogP contribution in [-0.2, 0) is 10.3 Å². The lowest BCUT2D eigenvalue weighted by atomic mass is 9.88. The molecule has 0 aromatic heterocycles. The molecule has 1 atom stereocenters. The van der Waals surface area contributed by atoms with Gasteiger partial charge in [0, 0.05) is 11.1 Å². The average molecular weight is 291 g/mol. The fourth-order valence-electron chi connectivity index (χ4n) is 2.51. The molecule has 0 amide bonds. The van der Waals surface area contributed by atoms with Gasteiger partial charge in [0.05, 0.1) is 7.11 Å². The molecule has 110 valence electrons. The highest BCUT2D eigenvalue weighted by Gasteiger charge is 2.40. The van der Waals surface area contributed by atoms with Crippen LogP contribution in [0.15, 0.2) is 0 Å². The standard InChI is InChI=1S/C13H13F4NO2/c1-13(4-3-5-18-13)7-10(16)8(14)6(12(19)20-2)9(15)11(7)17/h18H,3-5H2,1-2H3. The minimum Gasteiger partial charge on any atom is -0.465 e. The van der Waals surface area contributed by atoms with Crippen molar-refractivity contribution in [3.8, 4) is 0 Å². The number of carbonyl (C=O) groups is 1. The summed E-state index contributed by atoms with van der Waals surface area (Å²) in [4.78, 5) is 11.2. The number of rotatable bonds is 2. The minimum absolute atomic E-state index is 0.331. The maximum absolute atomic E-state index is 14.1. The van der Waals surface area contributed by atoms with Crippen LogP contribution in [0.1, 0.15) is 35.7 Å². The van der Waals surface area contributed by atoms with Gasteiger partial charge in [0.25, 0.3) is 0 Å². The molecule has 1 heterocycles. The average Bonchev–Trinajstić information content (AvgIpc) is 2.84. The van der Waals surface area contributed by atoms with Crippen LogP contribution in [0, 0.1) is 23.3 Å². The molecule has 2 rings (SSSR count). The lowest BCUT2D eigenvalue weighted by Gasteiger charge is -2.26. The van der Waals surface area contributed by atoms with Crippen LogP contribution in [0.3, 0.4) is 0 Å². The Morgan fingerprint density at radius 3 is 2.10 bits per heavy atom. The predicted molar refractivity (Wildman–Crippen MR) is 62.2 cm³/mol. The van der Waals surface area contributed by atoms with Gasteiger partial charge in [0.2, 0.25) is 0 Å². The summed E-state index contributed by atoms with van der Waals surface area (Å²) in [5.74, 6) is -8.07. The first-order valence-corrected chi connectivity index (χ1v) is 6.03. The highest BCUT2D eigenvalue weighted by atomic mass is 19.2. The molecule has 3 nitrogen and oxygen atoms in total. The number of nitrogens with one attached hydrogen (secondary N) is 1. The highest BCUT2D eigenvalue weighted by Crippen LogP contribution is 2.37. The van der Waals surface area contributed by atoms with E-state index in [0.29, 0.717) is 19.4 Å². The van der Waals surface area contributed by atoms with Crippen LogP contribution < -0.4 is 5.32 Å². The molecule has 20 heavy (non-hydrogen) atoms. The van der Waals surface area contributed by atoms with Crippen LogP contribution in [0.4, 0.5) is 17.6 Å². The Morgan fingerprint density at radius 1 is 1.15 bits per heavy atom. The van der Waals surface area contributed by atoms with E-state index >= 15 is 0 Å². The number of hydrogen-bond acceptors (Lipinski definition) is 3. The topological polar surface area (TPSA) is 38.3 Å². The van der Waals surface area contributed by atoms with Crippen molar-refractivity contribution in [2.75, 3.05) is 13.7 Å². The highest BCUT2D eigenvalue weighted by molar-refractivity contribution is 5.90. The summed E-state index contributed by atoms with van der Waals surface area (Å²) in [6.45, 7) is 1.94. The number of benzene rings is 1. The largest absolute Gasteiger partial charge is 0.465 e. The van der Waals surface area contributed by atoms with Crippen molar-refractivity contribution < 1.29 is 27.1 Å². The molecule has 0 aliphatic carbocycles. The van der Waals surface area contributed by atoms with E-state index in [1.807, 2.05) is 0 Å². The minimum atomic E-state index is -1.74. The summed E-state index contributed by atoms with van der Waals surface area (Å²) < 4.78 is 60.0. The van der Waals surface area contributed by atoms with Gasteiger partial charge in [-0.25, -0.2) is 22.4 Å². The van der Waals surface area contributed by atoms with Crippen LogP contribution in [0.5, 0.6) is 0 Å². The van der Waals surface area contributed by atoms with Crippen LogP contribution in [-0.4, -0.2) is 19.6 Å². The smallest absolute Gasteiger partial charge is 0.344 e. The van der Waals surface area contributed by atoms with Gasteiger partial charge in [0.15, 0.2) is 23.3 Å². The lowest BCUT2D eigenvalue weighted by molar-refractivity contribution is 0.0586. The summed E-state index contributed by atoms with van der Waals surface area (Å²) in [5, 5.41) is 2.82. The van der Waals surface area contributed by atoms with Crippen molar-refractivity contribution in [1.29, 1.82) is 0 Å². The monoisotopic (exact) mass is 291 g/mol. The Balaban J connectivity index is 2.70. The van der Waals surface area contributed by atoms with Gasteiger partial charge in [-0.05, 0) is 26.3 Å². The summed E-state index contributed by atoms with van der Waals surface area (Å²) in [6.07, 6.45) is 0.953. The van der Waals surface area contributed by atoms with Crippen molar-refractivity contribution in [3.63, 3.8) is 0 Å². The van der Waals surface area contributed by atoms with Gasteiger partial charge in [-0.1, -0.05) is 0 Å². The molecule has 1 aliphatic heterocycles. The number of hydrogen-bond donors (Lipinski definition) is 1. The SMILES string of the molecule is COC(=O)c1c(F)c(F)c(C2(C)CCCN2)c(F)c1F. The second-order valence-corrected chi connectivity index (χ2v) is 4.86. The molecule has 1 aromatic carbocycles. The molecule has 0 saturated carbocycles. The van der Waals surface area contributed by atoms with E-state index in [4.69, 9.17) is 0 Å². The van der Waals surface area contributed by atoms with Crippen molar-refractivity contribution in [2.24, 2.45) is 0 Å². The van der Waals surface area contributed by atoms with Crippen LogP contribution >= 0.6 is 0 Å². The molecule has 1 fully saturated rings. The summed E-state index contributed by atoms with van der Waals surface area (Å²) in [5.41, 5.74) is -3.28. The Kier molecular flexibility index (Phi) is 3.73. The molecule has 1 aromatic rings. The summed E-state index contributed by atoms with van der Waals surface area (Å²) in [7, 11) is 0.866. The van der Waals surface area contributed by atoms with Crippen molar-refractivity contribution >= 4 is 5.97 Å². The zero-order valence-corrected chi connectivity index (χ0v) is 10.9. The van der Waals surface area contributed by atoms with E-state index in [1.165, 1.54) is 6.92 Å². The molecule has 1 saturated heterocycles. The molecular formula is C13H13F4NO2. The predicted octanol–water partition coefficient (Wildman–Crippen LogP) is 2.63. The van der Waals surface area contributed by atoms with Gasteiger partial charge < -0.3 is 10.1 Å². The fraction of sp³-hybridized carbons (Fsp3) is 0.462. The Bertz CT molecular complexity index is 539. The number of ether oxygens (including phenoxy) is 1. The van der Waals surface area contributed by atoms with Crippen LogP contribution in [0.2, 0.25) is 0 Å². The van der Waals surface area contributed by atoms with Gasteiger partial charge in [-0.15, -0.1) is 0 Å².